The smallest absolute Gasteiger partial charge is 0.321 e. The second-order valence-corrected chi connectivity index (χ2v) is 5.74. The van der Waals surface area contributed by atoms with E-state index in [0.717, 1.165) is 24.5 Å². The molecule has 0 aliphatic carbocycles. The van der Waals surface area contributed by atoms with Crippen molar-refractivity contribution in [3.63, 3.8) is 0 Å². The maximum absolute atomic E-state index is 12.3. The van der Waals surface area contributed by atoms with Crippen LogP contribution < -0.4 is 10.1 Å². The molecule has 1 aliphatic heterocycles. The fourth-order valence-electron chi connectivity index (χ4n) is 2.83. The summed E-state index contributed by atoms with van der Waals surface area (Å²) in [6.07, 6.45) is 1.20. The van der Waals surface area contributed by atoms with Crippen LogP contribution in [-0.2, 0) is 0 Å². The Bertz CT molecular complexity index is 434. The zero-order valence-electron chi connectivity index (χ0n) is 12.6. The van der Waals surface area contributed by atoms with Gasteiger partial charge in [0.05, 0.1) is 6.61 Å². The number of carbonyl (C=O) groups is 1. The molecule has 110 valence electrons. The standard InChI is InChI=1S/C16H24N2O2/c1-4-20-15-7-5-14(6-8-15)17-16(19)18-10-12(2)9-13(3)11-18/h5-8,12-13H,4,9-11H2,1-3H3,(H,17,19)/t12-,13+. The van der Waals surface area contributed by atoms with Gasteiger partial charge in [-0.1, -0.05) is 13.8 Å². The van der Waals surface area contributed by atoms with E-state index in [0.29, 0.717) is 18.4 Å². The van der Waals surface area contributed by atoms with Gasteiger partial charge in [0, 0.05) is 18.8 Å². The van der Waals surface area contributed by atoms with Gasteiger partial charge in [0.15, 0.2) is 0 Å². The van der Waals surface area contributed by atoms with Crippen LogP contribution in [0.1, 0.15) is 27.2 Å². The SMILES string of the molecule is CCOc1ccc(NC(=O)N2C[C@H](C)C[C@H](C)C2)cc1. The summed E-state index contributed by atoms with van der Waals surface area (Å²) < 4.78 is 5.39. The molecule has 4 heteroatoms. The molecular weight excluding hydrogens is 252 g/mol. The van der Waals surface area contributed by atoms with Crippen molar-refractivity contribution in [2.45, 2.75) is 27.2 Å². The average Bonchev–Trinajstić information content (AvgIpc) is 2.40. The molecule has 2 atom stereocenters. The fourth-order valence-corrected chi connectivity index (χ4v) is 2.83. The Morgan fingerprint density at radius 3 is 2.40 bits per heavy atom. The Kier molecular flexibility index (Phi) is 4.88. The van der Waals surface area contributed by atoms with Crippen LogP contribution in [0.5, 0.6) is 5.75 Å². The van der Waals surface area contributed by atoms with Crippen LogP contribution in [0.4, 0.5) is 10.5 Å². The highest BCUT2D eigenvalue weighted by Crippen LogP contribution is 2.22. The molecule has 20 heavy (non-hydrogen) atoms. The molecule has 2 amide bonds. The number of likely N-dealkylation sites (tertiary alicyclic amines) is 1. The van der Waals surface area contributed by atoms with E-state index in [1.54, 1.807) is 0 Å². The maximum Gasteiger partial charge on any atom is 0.321 e. The van der Waals surface area contributed by atoms with Crippen LogP contribution in [0, 0.1) is 11.8 Å². The number of rotatable bonds is 3. The lowest BCUT2D eigenvalue weighted by molar-refractivity contribution is 0.156. The number of nitrogens with zero attached hydrogens (tertiary/aromatic N) is 1. The number of piperidine rings is 1. The van der Waals surface area contributed by atoms with Gasteiger partial charge in [-0.15, -0.1) is 0 Å². The predicted octanol–water partition coefficient (Wildman–Crippen LogP) is 3.60. The summed E-state index contributed by atoms with van der Waals surface area (Å²) in [5, 5.41) is 2.95. The topological polar surface area (TPSA) is 41.6 Å². The van der Waals surface area contributed by atoms with Crippen molar-refractivity contribution in [1.82, 2.24) is 4.90 Å². The molecule has 0 spiro atoms. The number of hydrogen-bond donors (Lipinski definition) is 1. The molecule has 0 radical (unpaired) electrons. The average molecular weight is 276 g/mol. The summed E-state index contributed by atoms with van der Waals surface area (Å²) in [6.45, 7) is 8.68. The lowest BCUT2D eigenvalue weighted by atomic mass is 9.92. The van der Waals surface area contributed by atoms with Gasteiger partial charge in [-0.05, 0) is 49.4 Å². The Morgan fingerprint density at radius 1 is 1.25 bits per heavy atom. The van der Waals surface area contributed by atoms with Gasteiger partial charge in [-0.25, -0.2) is 4.79 Å². The van der Waals surface area contributed by atoms with Crippen molar-refractivity contribution in [3.05, 3.63) is 24.3 Å². The molecule has 1 N–H and O–H groups in total. The van der Waals surface area contributed by atoms with Crippen molar-refractivity contribution in [2.75, 3.05) is 25.0 Å². The number of amides is 2. The van der Waals surface area contributed by atoms with Crippen molar-refractivity contribution in [2.24, 2.45) is 11.8 Å². The first kappa shape index (κ1) is 14.7. The second-order valence-electron chi connectivity index (χ2n) is 5.74. The molecule has 1 heterocycles. The molecular formula is C16H24N2O2. The van der Waals surface area contributed by atoms with Gasteiger partial charge < -0.3 is 15.0 Å². The summed E-state index contributed by atoms with van der Waals surface area (Å²) in [5.41, 5.74) is 0.810. The number of benzene rings is 1. The first-order chi connectivity index (χ1) is 9.58. The number of carbonyl (C=O) groups excluding carboxylic acids is 1. The molecule has 0 aromatic heterocycles. The highest BCUT2D eigenvalue weighted by atomic mass is 16.5. The highest BCUT2D eigenvalue weighted by Gasteiger charge is 2.25. The highest BCUT2D eigenvalue weighted by molar-refractivity contribution is 5.89. The summed E-state index contributed by atoms with van der Waals surface area (Å²) in [7, 11) is 0. The molecule has 2 rings (SSSR count). The Hall–Kier alpha value is -1.71. The Morgan fingerprint density at radius 2 is 1.85 bits per heavy atom. The summed E-state index contributed by atoms with van der Waals surface area (Å²) in [5.74, 6) is 1.97. The summed E-state index contributed by atoms with van der Waals surface area (Å²) >= 11 is 0. The molecule has 1 aromatic rings. The normalized spacial score (nSPS) is 22.4. The van der Waals surface area contributed by atoms with Crippen molar-refractivity contribution < 1.29 is 9.53 Å². The number of urea groups is 1. The van der Waals surface area contributed by atoms with E-state index >= 15 is 0 Å². The van der Waals surface area contributed by atoms with Crippen LogP contribution in [0.3, 0.4) is 0 Å². The molecule has 1 aromatic carbocycles. The predicted molar refractivity (Wildman–Crippen MR) is 81.1 cm³/mol. The van der Waals surface area contributed by atoms with E-state index in [1.807, 2.05) is 36.1 Å². The number of hydrogen-bond acceptors (Lipinski definition) is 2. The minimum atomic E-state index is -0.00689. The van der Waals surface area contributed by atoms with E-state index in [9.17, 15) is 4.79 Å². The molecule has 4 nitrogen and oxygen atoms in total. The van der Waals surface area contributed by atoms with Gasteiger partial charge in [-0.2, -0.15) is 0 Å². The lowest BCUT2D eigenvalue weighted by Crippen LogP contribution is -2.44. The van der Waals surface area contributed by atoms with Crippen LogP contribution >= 0.6 is 0 Å². The molecule has 0 unspecified atom stereocenters. The van der Waals surface area contributed by atoms with Gasteiger partial charge in [0.2, 0.25) is 0 Å². The lowest BCUT2D eigenvalue weighted by Gasteiger charge is -2.34. The van der Waals surface area contributed by atoms with Crippen molar-refractivity contribution in [1.29, 1.82) is 0 Å². The Labute approximate surface area is 121 Å². The molecule has 1 saturated heterocycles. The molecule has 1 aliphatic rings. The van der Waals surface area contributed by atoms with Gasteiger partial charge in [-0.3, -0.25) is 0 Å². The van der Waals surface area contributed by atoms with E-state index in [4.69, 9.17) is 4.74 Å². The van der Waals surface area contributed by atoms with Crippen molar-refractivity contribution in [3.8, 4) is 5.75 Å². The van der Waals surface area contributed by atoms with E-state index in [2.05, 4.69) is 19.2 Å². The zero-order chi connectivity index (χ0) is 14.5. The maximum atomic E-state index is 12.3. The second kappa shape index (κ2) is 6.64. The van der Waals surface area contributed by atoms with Crippen LogP contribution in [0.25, 0.3) is 0 Å². The van der Waals surface area contributed by atoms with Crippen molar-refractivity contribution >= 4 is 11.7 Å². The van der Waals surface area contributed by atoms with Crippen LogP contribution in [0.15, 0.2) is 24.3 Å². The largest absolute Gasteiger partial charge is 0.494 e. The third-order valence-corrected chi connectivity index (χ3v) is 3.57. The van der Waals surface area contributed by atoms with Crippen LogP contribution in [-0.4, -0.2) is 30.6 Å². The fraction of sp³-hybridized carbons (Fsp3) is 0.562. The van der Waals surface area contributed by atoms with Gasteiger partial charge in [0.25, 0.3) is 0 Å². The first-order valence-corrected chi connectivity index (χ1v) is 7.37. The van der Waals surface area contributed by atoms with E-state index < -0.39 is 0 Å². The third-order valence-electron chi connectivity index (χ3n) is 3.57. The quantitative estimate of drug-likeness (QED) is 0.916. The minimum absolute atomic E-state index is 0.00689. The van der Waals surface area contributed by atoms with E-state index in [1.165, 1.54) is 6.42 Å². The van der Waals surface area contributed by atoms with Gasteiger partial charge in [0.1, 0.15) is 5.75 Å². The number of nitrogens with one attached hydrogen (secondary N) is 1. The molecule has 1 fully saturated rings. The third kappa shape index (κ3) is 3.89. The molecule has 0 bridgehead atoms. The molecule has 0 saturated carbocycles. The van der Waals surface area contributed by atoms with E-state index in [-0.39, 0.29) is 6.03 Å². The summed E-state index contributed by atoms with van der Waals surface area (Å²) in [6, 6.07) is 7.49. The monoisotopic (exact) mass is 276 g/mol. The minimum Gasteiger partial charge on any atom is -0.494 e. The Balaban J connectivity index is 1.93. The van der Waals surface area contributed by atoms with Gasteiger partial charge >= 0.3 is 6.03 Å². The number of anilines is 1. The van der Waals surface area contributed by atoms with Crippen LogP contribution in [0.2, 0.25) is 0 Å². The zero-order valence-corrected chi connectivity index (χ0v) is 12.6. The summed E-state index contributed by atoms with van der Waals surface area (Å²) in [4.78, 5) is 14.2. The first-order valence-electron chi connectivity index (χ1n) is 7.37. The number of ether oxygens (including phenoxy) is 1.